The smallest absolute Gasteiger partial charge is 0.193 e. The molecule has 1 aromatic heterocycles. The maximum Gasteiger partial charge on any atom is 0.193 e. The summed E-state index contributed by atoms with van der Waals surface area (Å²) in [7, 11) is 3.94. The first kappa shape index (κ1) is 13.0. The molecule has 1 saturated heterocycles. The number of likely N-dealkylation sites (tertiary alicyclic amines) is 1. The highest BCUT2D eigenvalue weighted by molar-refractivity contribution is 5.79. The lowest BCUT2D eigenvalue weighted by Gasteiger charge is -2.32. The fourth-order valence-electron chi connectivity index (χ4n) is 2.40. The molecule has 1 aromatic rings. The number of hydrogen-bond donors (Lipinski definition) is 1. The second-order valence-electron chi connectivity index (χ2n) is 5.18. The average molecular weight is 248 g/mol. The van der Waals surface area contributed by atoms with E-state index >= 15 is 0 Å². The summed E-state index contributed by atoms with van der Waals surface area (Å²) >= 11 is 0. The third-order valence-corrected chi connectivity index (χ3v) is 3.77. The molecule has 100 valence electrons. The normalized spacial score (nSPS) is 18.2. The molecule has 4 heteroatoms. The Kier molecular flexibility index (Phi) is 4.28. The standard InChI is InChI=1S/C14H24N4/c1-12-6-9-18(10-7-12)14(15-2)16-11-13-5-4-8-17(13)3/h4-5,8,12H,6-7,9-11H2,1-3H3,(H,15,16). The fraction of sp³-hybridized carbons (Fsp3) is 0.643. The lowest BCUT2D eigenvalue weighted by molar-refractivity contribution is 0.273. The van der Waals surface area contributed by atoms with Crippen LogP contribution >= 0.6 is 0 Å². The lowest BCUT2D eigenvalue weighted by Crippen LogP contribution is -2.45. The lowest BCUT2D eigenvalue weighted by atomic mass is 10.00. The highest BCUT2D eigenvalue weighted by atomic mass is 15.3. The van der Waals surface area contributed by atoms with E-state index in [0.717, 1.165) is 31.5 Å². The van der Waals surface area contributed by atoms with Crippen LogP contribution in [0.1, 0.15) is 25.5 Å². The highest BCUT2D eigenvalue weighted by Gasteiger charge is 2.18. The summed E-state index contributed by atoms with van der Waals surface area (Å²) in [5.41, 5.74) is 1.28. The largest absolute Gasteiger partial charge is 0.353 e. The molecular weight excluding hydrogens is 224 g/mol. The SMILES string of the molecule is CN=C(NCc1cccn1C)N1CCC(C)CC1. The van der Waals surface area contributed by atoms with E-state index in [1.54, 1.807) is 0 Å². The van der Waals surface area contributed by atoms with Crippen molar-refractivity contribution in [2.75, 3.05) is 20.1 Å². The number of nitrogens with one attached hydrogen (secondary N) is 1. The zero-order chi connectivity index (χ0) is 13.0. The monoisotopic (exact) mass is 248 g/mol. The zero-order valence-corrected chi connectivity index (χ0v) is 11.7. The van der Waals surface area contributed by atoms with E-state index in [2.05, 4.69) is 52.1 Å². The minimum Gasteiger partial charge on any atom is -0.353 e. The first-order chi connectivity index (χ1) is 8.70. The van der Waals surface area contributed by atoms with Gasteiger partial charge in [0.1, 0.15) is 0 Å². The van der Waals surface area contributed by atoms with Crippen molar-refractivity contribution >= 4 is 5.96 Å². The molecule has 0 unspecified atom stereocenters. The van der Waals surface area contributed by atoms with Crippen molar-refractivity contribution < 1.29 is 0 Å². The van der Waals surface area contributed by atoms with Gasteiger partial charge in [0.2, 0.25) is 0 Å². The van der Waals surface area contributed by atoms with Crippen LogP contribution in [0.3, 0.4) is 0 Å². The van der Waals surface area contributed by atoms with Gasteiger partial charge in [-0.25, -0.2) is 0 Å². The van der Waals surface area contributed by atoms with Crippen LogP contribution in [-0.2, 0) is 13.6 Å². The molecule has 2 rings (SSSR count). The van der Waals surface area contributed by atoms with E-state index in [1.165, 1.54) is 18.5 Å². The maximum atomic E-state index is 4.39. The number of guanidine groups is 1. The first-order valence-corrected chi connectivity index (χ1v) is 6.76. The summed E-state index contributed by atoms with van der Waals surface area (Å²) in [5, 5.41) is 3.45. The quantitative estimate of drug-likeness (QED) is 0.640. The van der Waals surface area contributed by atoms with E-state index in [9.17, 15) is 0 Å². The number of aromatic nitrogens is 1. The Labute approximate surface area is 110 Å². The molecule has 1 N–H and O–H groups in total. The van der Waals surface area contributed by atoms with Crippen molar-refractivity contribution in [1.29, 1.82) is 0 Å². The summed E-state index contributed by atoms with van der Waals surface area (Å²) < 4.78 is 2.14. The predicted molar refractivity (Wildman–Crippen MR) is 75.6 cm³/mol. The third kappa shape index (κ3) is 3.06. The zero-order valence-electron chi connectivity index (χ0n) is 11.7. The van der Waals surface area contributed by atoms with E-state index in [-0.39, 0.29) is 0 Å². The van der Waals surface area contributed by atoms with E-state index in [1.807, 2.05) is 7.05 Å². The summed E-state index contributed by atoms with van der Waals surface area (Å²) in [6, 6.07) is 4.21. The second-order valence-corrected chi connectivity index (χ2v) is 5.18. The van der Waals surface area contributed by atoms with Gasteiger partial charge in [-0.1, -0.05) is 6.92 Å². The van der Waals surface area contributed by atoms with Crippen LogP contribution < -0.4 is 5.32 Å². The van der Waals surface area contributed by atoms with Crippen LogP contribution in [0.2, 0.25) is 0 Å². The number of aryl methyl sites for hydroxylation is 1. The maximum absolute atomic E-state index is 4.39. The molecule has 1 fully saturated rings. The van der Waals surface area contributed by atoms with E-state index in [4.69, 9.17) is 0 Å². The molecule has 0 atom stereocenters. The topological polar surface area (TPSA) is 32.6 Å². The third-order valence-electron chi connectivity index (χ3n) is 3.77. The number of hydrogen-bond acceptors (Lipinski definition) is 1. The Morgan fingerprint density at radius 1 is 1.44 bits per heavy atom. The second kappa shape index (κ2) is 5.94. The van der Waals surface area contributed by atoms with E-state index < -0.39 is 0 Å². The van der Waals surface area contributed by atoms with Gasteiger partial charge < -0.3 is 14.8 Å². The Hall–Kier alpha value is -1.45. The van der Waals surface area contributed by atoms with Crippen LogP contribution in [-0.4, -0.2) is 35.6 Å². The Balaban J connectivity index is 1.88. The molecule has 0 bridgehead atoms. The molecule has 4 nitrogen and oxygen atoms in total. The molecular formula is C14H24N4. The highest BCUT2D eigenvalue weighted by Crippen LogP contribution is 2.15. The number of rotatable bonds is 2. The van der Waals surface area contributed by atoms with Crippen molar-refractivity contribution in [3.8, 4) is 0 Å². The van der Waals surface area contributed by atoms with Crippen LogP contribution in [0.25, 0.3) is 0 Å². The molecule has 18 heavy (non-hydrogen) atoms. The number of aliphatic imine (C=N–C) groups is 1. The van der Waals surface area contributed by atoms with Crippen LogP contribution in [0.5, 0.6) is 0 Å². The minimum atomic E-state index is 0.836. The van der Waals surface area contributed by atoms with Gasteiger partial charge in [-0.15, -0.1) is 0 Å². The van der Waals surface area contributed by atoms with Crippen molar-refractivity contribution in [3.63, 3.8) is 0 Å². The molecule has 0 amide bonds. The Bertz CT molecular complexity index is 400. The van der Waals surface area contributed by atoms with Gasteiger partial charge in [0.25, 0.3) is 0 Å². The van der Waals surface area contributed by atoms with Gasteiger partial charge in [0, 0.05) is 39.1 Å². The van der Waals surface area contributed by atoms with Gasteiger partial charge in [-0.05, 0) is 30.9 Å². The predicted octanol–water partition coefficient (Wildman–Crippen LogP) is 1.83. The summed E-state index contributed by atoms with van der Waals surface area (Å²) in [6.07, 6.45) is 4.61. The van der Waals surface area contributed by atoms with E-state index in [0.29, 0.717) is 0 Å². The van der Waals surface area contributed by atoms with Crippen molar-refractivity contribution in [3.05, 3.63) is 24.0 Å². The molecule has 2 heterocycles. The molecule has 0 spiro atoms. The van der Waals surface area contributed by atoms with Gasteiger partial charge >= 0.3 is 0 Å². The molecule has 0 aromatic carbocycles. The van der Waals surface area contributed by atoms with Crippen LogP contribution in [0, 0.1) is 5.92 Å². The average Bonchev–Trinajstić information content (AvgIpc) is 2.78. The molecule has 0 aliphatic carbocycles. The number of nitrogens with zero attached hydrogens (tertiary/aromatic N) is 3. The van der Waals surface area contributed by atoms with Gasteiger partial charge in [0.15, 0.2) is 5.96 Å². The van der Waals surface area contributed by atoms with Crippen molar-refractivity contribution in [2.45, 2.75) is 26.3 Å². The van der Waals surface area contributed by atoms with Gasteiger partial charge in [0.05, 0.1) is 6.54 Å². The van der Waals surface area contributed by atoms with Crippen molar-refractivity contribution in [1.82, 2.24) is 14.8 Å². The molecule has 0 radical (unpaired) electrons. The summed E-state index contributed by atoms with van der Waals surface area (Å²) in [4.78, 5) is 6.75. The molecule has 1 aliphatic rings. The van der Waals surface area contributed by atoms with Gasteiger partial charge in [-0.3, -0.25) is 4.99 Å². The summed E-state index contributed by atoms with van der Waals surface area (Å²) in [5.74, 6) is 1.88. The van der Waals surface area contributed by atoms with Gasteiger partial charge in [-0.2, -0.15) is 0 Å². The minimum absolute atomic E-state index is 0.836. The van der Waals surface area contributed by atoms with Crippen LogP contribution in [0.4, 0.5) is 0 Å². The fourth-order valence-corrected chi connectivity index (χ4v) is 2.40. The first-order valence-electron chi connectivity index (χ1n) is 6.76. The Morgan fingerprint density at radius 2 is 2.17 bits per heavy atom. The molecule has 0 saturated carbocycles. The van der Waals surface area contributed by atoms with Crippen molar-refractivity contribution in [2.24, 2.45) is 18.0 Å². The summed E-state index contributed by atoms with van der Waals surface area (Å²) in [6.45, 7) is 5.40. The number of piperidine rings is 1. The van der Waals surface area contributed by atoms with Crippen LogP contribution in [0.15, 0.2) is 23.3 Å². The Morgan fingerprint density at radius 3 is 2.72 bits per heavy atom. The molecule has 1 aliphatic heterocycles.